The molecule has 2 aromatic rings. The number of halogens is 3. The summed E-state index contributed by atoms with van der Waals surface area (Å²) in [4.78, 5) is 37.1. The van der Waals surface area contributed by atoms with Gasteiger partial charge in [-0.25, -0.2) is 0 Å². The maximum Gasteiger partial charge on any atom is 0.416 e. The second kappa shape index (κ2) is 12.0. The van der Waals surface area contributed by atoms with Gasteiger partial charge >= 0.3 is 6.18 Å². The molecule has 0 radical (unpaired) electrons. The minimum absolute atomic E-state index is 0.243. The topological polar surface area (TPSA) is 113 Å². The van der Waals surface area contributed by atoms with Gasteiger partial charge in [0.1, 0.15) is 6.04 Å². The van der Waals surface area contributed by atoms with E-state index >= 15 is 0 Å². The first-order valence-corrected chi connectivity index (χ1v) is 11.6. The monoisotopic (exact) mass is 506 g/mol. The van der Waals surface area contributed by atoms with Gasteiger partial charge in [-0.3, -0.25) is 14.4 Å². The molecule has 0 aromatic heterocycles. The highest BCUT2D eigenvalue weighted by Gasteiger charge is 2.36. The molecule has 0 aliphatic carbocycles. The first-order valence-electron chi connectivity index (χ1n) is 11.6. The van der Waals surface area contributed by atoms with Crippen molar-refractivity contribution in [3.63, 3.8) is 0 Å². The average molecular weight is 507 g/mol. The molecule has 5 N–H and O–H groups in total. The predicted molar refractivity (Wildman–Crippen MR) is 131 cm³/mol. The molecule has 2 atom stereocenters. The Bertz CT molecular complexity index is 1060. The summed E-state index contributed by atoms with van der Waals surface area (Å²) in [5, 5.41) is 8.13. The molecule has 196 valence electrons. The lowest BCUT2D eigenvalue weighted by Gasteiger charge is -2.37. The zero-order chi connectivity index (χ0) is 27.1. The fraction of sp³-hybridized carbons (Fsp3) is 0.423. The number of hydrogen-bond acceptors (Lipinski definition) is 4. The number of carbonyl (C=O) groups is 3. The number of hydrogen-bond donors (Lipinski definition) is 4. The van der Waals surface area contributed by atoms with Crippen LogP contribution >= 0.6 is 0 Å². The Morgan fingerprint density at radius 3 is 2.11 bits per heavy atom. The molecule has 0 heterocycles. The molecule has 0 saturated heterocycles. The highest BCUT2D eigenvalue weighted by Crippen LogP contribution is 2.29. The van der Waals surface area contributed by atoms with Crippen molar-refractivity contribution >= 4 is 17.7 Å². The van der Waals surface area contributed by atoms with E-state index in [2.05, 4.69) is 22.9 Å². The van der Waals surface area contributed by atoms with Gasteiger partial charge in [0.15, 0.2) is 0 Å². The van der Waals surface area contributed by atoms with E-state index in [-0.39, 0.29) is 5.56 Å². The van der Waals surface area contributed by atoms with Crippen molar-refractivity contribution in [1.82, 2.24) is 16.0 Å². The van der Waals surface area contributed by atoms with Crippen LogP contribution in [0, 0.1) is 5.41 Å². The minimum atomic E-state index is -4.60. The van der Waals surface area contributed by atoms with Crippen molar-refractivity contribution in [2.75, 3.05) is 6.54 Å². The second-order valence-corrected chi connectivity index (χ2v) is 9.60. The lowest BCUT2D eigenvalue weighted by molar-refractivity contribution is -0.137. The summed E-state index contributed by atoms with van der Waals surface area (Å²) in [5.41, 5.74) is 6.08. The van der Waals surface area contributed by atoms with Crippen LogP contribution in [0.2, 0.25) is 0 Å². The average Bonchev–Trinajstić information content (AvgIpc) is 2.81. The van der Waals surface area contributed by atoms with Crippen LogP contribution in [-0.2, 0) is 28.7 Å². The van der Waals surface area contributed by atoms with E-state index in [1.165, 1.54) is 11.6 Å². The van der Waals surface area contributed by atoms with Gasteiger partial charge in [0.25, 0.3) is 5.91 Å². The van der Waals surface area contributed by atoms with E-state index in [4.69, 9.17) is 5.73 Å². The molecule has 0 fully saturated rings. The molecule has 0 bridgehead atoms. The van der Waals surface area contributed by atoms with Crippen LogP contribution in [0.1, 0.15) is 54.7 Å². The lowest BCUT2D eigenvalue weighted by Crippen LogP contribution is -2.61. The van der Waals surface area contributed by atoms with Gasteiger partial charge in [-0.2, -0.15) is 13.2 Å². The Morgan fingerprint density at radius 2 is 1.58 bits per heavy atom. The van der Waals surface area contributed by atoms with Crippen molar-refractivity contribution in [3.8, 4) is 0 Å². The second-order valence-electron chi connectivity index (χ2n) is 9.60. The van der Waals surface area contributed by atoms with Crippen molar-refractivity contribution < 1.29 is 27.6 Å². The van der Waals surface area contributed by atoms with Gasteiger partial charge in [0, 0.05) is 18.2 Å². The van der Waals surface area contributed by atoms with Gasteiger partial charge in [-0.1, -0.05) is 58.0 Å². The van der Waals surface area contributed by atoms with Crippen LogP contribution in [0.4, 0.5) is 13.2 Å². The number of alkyl halides is 3. The van der Waals surface area contributed by atoms with E-state index in [1.54, 1.807) is 0 Å². The number of rotatable bonds is 10. The van der Waals surface area contributed by atoms with E-state index in [0.29, 0.717) is 12.6 Å². The third-order valence-corrected chi connectivity index (χ3v) is 5.71. The quantitative estimate of drug-likeness (QED) is 0.396. The van der Waals surface area contributed by atoms with Crippen LogP contribution in [0.5, 0.6) is 0 Å². The maximum absolute atomic E-state index is 12.9. The Morgan fingerprint density at radius 1 is 0.972 bits per heavy atom. The Labute approximate surface area is 209 Å². The van der Waals surface area contributed by atoms with Crippen LogP contribution in [0.3, 0.4) is 0 Å². The number of benzene rings is 2. The van der Waals surface area contributed by atoms with Gasteiger partial charge in [-0.05, 0) is 41.2 Å². The van der Waals surface area contributed by atoms with Crippen molar-refractivity contribution in [2.24, 2.45) is 11.1 Å². The summed E-state index contributed by atoms with van der Waals surface area (Å²) in [6.45, 7) is 7.62. The van der Waals surface area contributed by atoms with E-state index < -0.39 is 53.5 Å². The largest absolute Gasteiger partial charge is 0.416 e. The van der Waals surface area contributed by atoms with Crippen LogP contribution in [-0.4, -0.2) is 36.3 Å². The number of aryl methyl sites for hydroxylation is 1. The molecule has 2 rings (SSSR count). The third-order valence-electron chi connectivity index (χ3n) is 5.71. The highest BCUT2D eigenvalue weighted by atomic mass is 19.4. The molecular formula is C26H33F3N4O3. The van der Waals surface area contributed by atoms with Gasteiger partial charge in [-0.15, -0.1) is 0 Å². The van der Waals surface area contributed by atoms with E-state index in [0.717, 1.165) is 24.1 Å². The molecule has 0 saturated carbocycles. The smallest absolute Gasteiger partial charge is 0.368 e. The first kappa shape index (κ1) is 28.8. The van der Waals surface area contributed by atoms with Gasteiger partial charge in [0.05, 0.1) is 12.1 Å². The summed E-state index contributed by atoms with van der Waals surface area (Å²) in [6.07, 6.45) is -3.69. The summed E-state index contributed by atoms with van der Waals surface area (Å²) in [7, 11) is 0. The molecule has 36 heavy (non-hydrogen) atoms. The van der Waals surface area contributed by atoms with Gasteiger partial charge in [0.2, 0.25) is 11.8 Å². The van der Waals surface area contributed by atoms with Crippen molar-refractivity contribution in [2.45, 2.75) is 58.9 Å². The number of nitrogens with two attached hydrogens (primary N) is 1. The molecule has 3 amide bonds. The molecular weight excluding hydrogens is 473 g/mol. The number of primary amides is 1. The Kier molecular flexibility index (Phi) is 9.63. The van der Waals surface area contributed by atoms with Crippen LogP contribution < -0.4 is 21.7 Å². The molecule has 0 aliphatic rings. The van der Waals surface area contributed by atoms with E-state index in [9.17, 15) is 27.6 Å². The molecule has 7 nitrogen and oxygen atoms in total. The van der Waals surface area contributed by atoms with Crippen molar-refractivity contribution in [3.05, 3.63) is 70.8 Å². The number of amides is 3. The minimum Gasteiger partial charge on any atom is -0.368 e. The number of carbonyl (C=O) groups excluding carboxylic acids is 3. The normalized spacial score (nSPS) is 13.5. The van der Waals surface area contributed by atoms with Crippen LogP contribution in [0.25, 0.3) is 0 Å². The SMILES string of the molecule is CCc1ccc(CNC(C(NC(=O)CNC(=O)c2cccc(C(F)(F)F)c2)C(N)=O)C(C)(C)C)cc1. The fourth-order valence-corrected chi connectivity index (χ4v) is 3.69. The molecule has 2 unspecified atom stereocenters. The summed E-state index contributed by atoms with van der Waals surface area (Å²) in [6, 6.07) is 10.2. The summed E-state index contributed by atoms with van der Waals surface area (Å²) < 4.78 is 38.7. The zero-order valence-electron chi connectivity index (χ0n) is 20.8. The maximum atomic E-state index is 12.9. The molecule has 0 spiro atoms. The fourth-order valence-electron chi connectivity index (χ4n) is 3.69. The third kappa shape index (κ3) is 8.37. The van der Waals surface area contributed by atoms with Crippen LogP contribution in [0.15, 0.2) is 48.5 Å². The summed E-state index contributed by atoms with van der Waals surface area (Å²) >= 11 is 0. The molecule has 2 aromatic carbocycles. The Balaban J connectivity index is 2.05. The first-order chi connectivity index (χ1) is 16.7. The lowest BCUT2D eigenvalue weighted by atomic mass is 9.81. The summed E-state index contributed by atoms with van der Waals surface area (Å²) in [5.74, 6) is -2.32. The van der Waals surface area contributed by atoms with Crippen molar-refractivity contribution in [1.29, 1.82) is 0 Å². The molecule has 0 aliphatic heterocycles. The predicted octanol–water partition coefficient (Wildman–Crippen LogP) is 3.17. The highest BCUT2D eigenvalue weighted by molar-refractivity contribution is 5.97. The number of nitrogens with one attached hydrogen (secondary N) is 3. The standard InChI is InChI=1S/C26H33F3N4O3/c1-5-16-9-11-17(12-10-16)14-31-22(25(2,3)4)21(23(30)35)33-20(34)15-32-24(36)18-7-6-8-19(13-18)26(27,28)29/h6-13,21-22,31H,5,14-15H2,1-4H3,(H2,30,35)(H,32,36)(H,33,34). The molecule has 10 heteroatoms. The van der Waals surface area contributed by atoms with E-state index in [1.807, 2.05) is 45.0 Å². The Hall–Kier alpha value is -3.40. The zero-order valence-corrected chi connectivity index (χ0v) is 20.8. The van der Waals surface area contributed by atoms with Gasteiger partial charge < -0.3 is 21.7 Å².